The number of hydrogen-bond acceptors (Lipinski definition) is 3. The van der Waals surface area contributed by atoms with Gasteiger partial charge in [-0.25, -0.2) is 0 Å². The third-order valence-corrected chi connectivity index (χ3v) is 6.72. The Morgan fingerprint density at radius 2 is 2.00 bits per heavy atom. The van der Waals surface area contributed by atoms with Crippen molar-refractivity contribution in [2.45, 2.75) is 57.1 Å². The van der Waals surface area contributed by atoms with Crippen LogP contribution < -0.4 is 10.6 Å². The van der Waals surface area contributed by atoms with Crippen LogP contribution in [0.25, 0.3) is 0 Å². The summed E-state index contributed by atoms with van der Waals surface area (Å²) in [5, 5.41) is 7.28. The highest BCUT2D eigenvalue weighted by Crippen LogP contribution is 2.62. The number of likely N-dealkylation sites (tertiary alicyclic amines) is 1. The second-order valence-corrected chi connectivity index (χ2v) is 7.85. The number of ether oxygens (including phenoxy) is 1. The number of nitrogens with one attached hydrogen (secondary N) is 2. The van der Waals surface area contributed by atoms with E-state index >= 15 is 0 Å². The maximum Gasteiger partial charge on any atom is 0.191 e. The van der Waals surface area contributed by atoms with Gasteiger partial charge in [-0.2, -0.15) is 0 Å². The normalized spacial score (nSPS) is 34.7. The summed E-state index contributed by atoms with van der Waals surface area (Å²) >= 11 is 0. The first-order valence-electron chi connectivity index (χ1n) is 9.65. The lowest BCUT2D eigenvalue weighted by molar-refractivity contribution is -0.171. The van der Waals surface area contributed by atoms with E-state index in [1.807, 2.05) is 7.05 Å². The standard InChI is InChI=1S/C18H32N4O.HI/c1-19-17(20-9-12-22-10-3-2-4-11-22)21-15-14-6-13-23-16(14)18(15)7-5-8-18;/h14-16H,2-13H2,1H3,(H2,19,20,21);1H. The molecule has 0 aromatic heterocycles. The quantitative estimate of drug-likeness (QED) is 0.394. The number of hydrogen-bond donors (Lipinski definition) is 2. The molecule has 2 N–H and O–H groups in total. The lowest BCUT2D eigenvalue weighted by atomic mass is 9.46. The van der Waals surface area contributed by atoms with Crippen molar-refractivity contribution in [2.24, 2.45) is 16.3 Å². The number of fused-ring (bicyclic) bond motifs is 2. The summed E-state index contributed by atoms with van der Waals surface area (Å²) in [7, 11) is 1.89. The lowest BCUT2D eigenvalue weighted by Crippen LogP contribution is -2.72. The minimum absolute atomic E-state index is 0. The fraction of sp³-hybridized carbons (Fsp3) is 0.944. The lowest BCUT2D eigenvalue weighted by Gasteiger charge is -2.63. The van der Waals surface area contributed by atoms with E-state index in [9.17, 15) is 0 Å². The third kappa shape index (κ3) is 3.30. The van der Waals surface area contributed by atoms with Crippen molar-refractivity contribution in [2.75, 3.05) is 39.8 Å². The predicted octanol–water partition coefficient (Wildman–Crippen LogP) is 2.21. The molecule has 3 unspecified atom stereocenters. The van der Waals surface area contributed by atoms with Gasteiger partial charge >= 0.3 is 0 Å². The predicted molar refractivity (Wildman–Crippen MR) is 108 cm³/mol. The Kier molecular flexibility index (Phi) is 6.30. The van der Waals surface area contributed by atoms with E-state index < -0.39 is 0 Å². The van der Waals surface area contributed by atoms with Crippen LogP contribution in [-0.4, -0.2) is 62.8 Å². The van der Waals surface area contributed by atoms with Crippen molar-refractivity contribution in [3.05, 3.63) is 0 Å². The molecule has 2 saturated heterocycles. The van der Waals surface area contributed by atoms with Gasteiger partial charge in [0.05, 0.1) is 6.10 Å². The fourth-order valence-corrected chi connectivity index (χ4v) is 5.31. The molecule has 5 nitrogen and oxygen atoms in total. The molecule has 1 spiro atoms. The van der Waals surface area contributed by atoms with Gasteiger partial charge < -0.3 is 20.3 Å². The zero-order valence-electron chi connectivity index (χ0n) is 14.9. The van der Waals surface area contributed by atoms with Crippen LogP contribution in [0.4, 0.5) is 0 Å². The topological polar surface area (TPSA) is 48.9 Å². The van der Waals surface area contributed by atoms with Crippen molar-refractivity contribution in [3.63, 3.8) is 0 Å². The molecule has 2 saturated carbocycles. The van der Waals surface area contributed by atoms with Crippen LogP contribution in [0.2, 0.25) is 0 Å². The Morgan fingerprint density at radius 1 is 1.21 bits per heavy atom. The van der Waals surface area contributed by atoms with Crippen molar-refractivity contribution in [1.82, 2.24) is 15.5 Å². The molecule has 6 heteroatoms. The van der Waals surface area contributed by atoms with Gasteiger partial charge in [0.25, 0.3) is 0 Å². The number of piperidine rings is 1. The van der Waals surface area contributed by atoms with E-state index in [0.717, 1.165) is 25.7 Å². The Labute approximate surface area is 163 Å². The molecule has 4 fully saturated rings. The summed E-state index contributed by atoms with van der Waals surface area (Å²) in [6.07, 6.45) is 9.90. The number of aliphatic imine (C=N–C) groups is 1. The Hall–Kier alpha value is -0.0800. The molecular formula is C18H33IN4O. The first kappa shape index (κ1) is 18.7. The van der Waals surface area contributed by atoms with E-state index in [-0.39, 0.29) is 24.0 Å². The minimum Gasteiger partial charge on any atom is -0.377 e. The first-order chi connectivity index (χ1) is 11.3. The van der Waals surface area contributed by atoms with E-state index in [2.05, 4.69) is 20.5 Å². The van der Waals surface area contributed by atoms with Crippen LogP contribution in [0.5, 0.6) is 0 Å². The summed E-state index contributed by atoms with van der Waals surface area (Å²) in [5.41, 5.74) is 0.422. The molecule has 0 bridgehead atoms. The molecule has 2 aliphatic carbocycles. The number of rotatable bonds is 4. The third-order valence-electron chi connectivity index (χ3n) is 6.72. The van der Waals surface area contributed by atoms with E-state index in [1.165, 1.54) is 58.0 Å². The monoisotopic (exact) mass is 448 g/mol. The van der Waals surface area contributed by atoms with E-state index in [4.69, 9.17) is 4.74 Å². The minimum atomic E-state index is 0. The zero-order valence-corrected chi connectivity index (χ0v) is 17.3. The van der Waals surface area contributed by atoms with E-state index in [1.54, 1.807) is 0 Å². The van der Waals surface area contributed by atoms with Gasteiger partial charge in [0.1, 0.15) is 0 Å². The molecule has 0 amide bonds. The molecular weight excluding hydrogens is 415 g/mol. The molecule has 138 valence electrons. The first-order valence-corrected chi connectivity index (χ1v) is 9.65. The van der Waals surface area contributed by atoms with Gasteiger partial charge in [0, 0.05) is 44.1 Å². The second kappa shape index (κ2) is 8.08. The van der Waals surface area contributed by atoms with E-state index in [0.29, 0.717) is 23.5 Å². The van der Waals surface area contributed by atoms with Gasteiger partial charge in [-0.3, -0.25) is 4.99 Å². The highest BCUT2D eigenvalue weighted by Gasteiger charge is 2.66. The SMILES string of the molecule is CN=C(NCCN1CCCCC1)NC1C2CCOC2C12CCC2.I. The average molecular weight is 448 g/mol. The van der Waals surface area contributed by atoms with Crippen LogP contribution >= 0.6 is 24.0 Å². The van der Waals surface area contributed by atoms with Gasteiger partial charge in [-0.15, -0.1) is 24.0 Å². The number of halogens is 1. The van der Waals surface area contributed by atoms with Crippen LogP contribution in [0.1, 0.15) is 44.9 Å². The Bertz CT molecular complexity index is 448. The van der Waals surface area contributed by atoms with Crippen LogP contribution in [-0.2, 0) is 4.74 Å². The Morgan fingerprint density at radius 3 is 2.67 bits per heavy atom. The zero-order chi connectivity index (χ0) is 15.7. The van der Waals surface area contributed by atoms with Gasteiger partial charge in [-0.1, -0.05) is 12.8 Å². The largest absolute Gasteiger partial charge is 0.377 e. The van der Waals surface area contributed by atoms with Crippen LogP contribution in [0, 0.1) is 11.3 Å². The second-order valence-electron chi connectivity index (χ2n) is 7.85. The maximum absolute atomic E-state index is 6.01. The van der Waals surface area contributed by atoms with Crippen LogP contribution in [0.15, 0.2) is 4.99 Å². The van der Waals surface area contributed by atoms with Crippen molar-refractivity contribution in [3.8, 4) is 0 Å². The summed E-state index contributed by atoms with van der Waals surface area (Å²) in [5.74, 6) is 1.69. The van der Waals surface area contributed by atoms with Gasteiger partial charge in [-0.05, 0) is 45.2 Å². The van der Waals surface area contributed by atoms with Crippen molar-refractivity contribution in [1.29, 1.82) is 0 Å². The summed E-state index contributed by atoms with van der Waals surface area (Å²) in [4.78, 5) is 7.04. The molecule has 24 heavy (non-hydrogen) atoms. The van der Waals surface area contributed by atoms with Crippen molar-refractivity contribution >= 4 is 29.9 Å². The Balaban J connectivity index is 0.00000169. The molecule has 3 atom stereocenters. The van der Waals surface area contributed by atoms with Gasteiger partial charge in [0.15, 0.2) is 5.96 Å². The van der Waals surface area contributed by atoms with Crippen LogP contribution in [0.3, 0.4) is 0 Å². The summed E-state index contributed by atoms with van der Waals surface area (Å²) in [6, 6.07) is 0.574. The average Bonchev–Trinajstić information content (AvgIpc) is 2.95. The summed E-state index contributed by atoms with van der Waals surface area (Å²) < 4.78 is 6.01. The molecule has 4 rings (SSSR count). The molecule has 4 aliphatic rings. The maximum atomic E-state index is 6.01. The highest BCUT2D eigenvalue weighted by molar-refractivity contribution is 14.0. The molecule has 2 heterocycles. The highest BCUT2D eigenvalue weighted by atomic mass is 127. The fourth-order valence-electron chi connectivity index (χ4n) is 5.31. The van der Waals surface area contributed by atoms with Gasteiger partial charge in [0.2, 0.25) is 0 Å². The molecule has 0 aromatic carbocycles. The molecule has 2 aliphatic heterocycles. The smallest absolute Gasteiger partial charge is 0.191 e. The van der Waals surface area contributed by atoms with Crippen molar-refractivity contribution < 1.29 is 4.74 Å². The number of guanidine groups is 1. The molecule has 0 radical (unpaired) electrons. The molecule has 0 aromatic rings. The summed E-state index contributed by atoms with van der Waals surface area (Å²) in [6.45, 7) is 5.60. The number of nitrogens with zero attached hydrogens (tertiary/aromatic N) is 2.